The van der Waals surface area contributed by atoms with E-state index in [-0.39, 0.29) is 133 Å². The summed E-state index contributed by atoms with van der Waals surface area (Å²) >= 11 is 0. The van der Waals surface area contributed by atoms with Gasteiger partial charge in [-0.15, -0.1) is 16.6 Å². The SMILES string of the molecule is C.C#CCOCCOCCOCCOCCC(=O)N(CC(=O)NCCn1cc(CCC(=O)N[C@H]([C@@H]2N[C@@H](C(=O)O)C[C@H]2/C=C\C)C(C)(C)CCC)nn1)CC(=O)NCCn1cc(CCC(=O)N[C@H]([C@@H]2N[C@@H](OC=O)C[C@H]2/C=C\C)[C@](C)(CCC)OC)nn1. The highest BCUT2D eigenvalue weighted by Crippen LogP contribution is 2.36. The van der Waals surface area contributed by atoms with Gasteiger partial charge in [-0.2, -0.15) is 0 Å². The lowest BCUT2D eigenvalue weighted by Crippen LogP contribution is -2.62. The maximum absolute atomic E-state index is 13.6. The van der Waals surface area contributed by atoms with Gasteiger partial charge in [-0.05, 0) is 57.3 Å². The summed E-state index contributed by atoms with van der Waals surface area (Å²) in [7, 11) is 1.63. The summed E-state index contributed by atoms with van der Waals surface area (Å²) in [6.45, 7) is 16.5. The lowest BCUT2D eigenvalue weighted by molar-refractivity contribution is -0.140. The molecule has 2 aliphatic heterocycles. The third-order valence-electron chi connectivity index (χ3n) is 15.5. The Morgan fingerprint density at radius 1 is 0.739 bits per heavy atom. The number of terminal acetylenes is 1. The number of aromatic nitrogens is 6. The molecule has 4 heterocycles. The number of carbonyl (C=O) groups is 7. The standard InChI is InChI=1S/C60H97N13O14.CH4/c1-10-15-43-36-47(58(80)81)63-54(43)56(59(6,7)22-12-3)64-48(75)19-17-45-38-72(69-67-45)26-24-61-50(77)40-71(53(79)21-29-84-31-33-86-35-34-85-32-30-83-28-14-5)41-51(78)62-25-27-73-39-46(68-70-73)18-20-49(76)65-57(60(8,82-9)23-13-4)55-44(16-11-2)37-52(66-55)87-42-74;/h5,10-11,15-16,38-39,42-44,47,52,54-57,63,66H,12-13,17-37,40-41H2,1-4,6-9H3,(H,61,77)(H,62,78)(H,64,75)(H,65,76)(H,80,81);1H4/b15-10-,16-11-;/t43-,44-,47-,52+,54-,55-,56-,57-,60+;/m1./s1. The van der Waals surface area contributed by atoms with E-state index in [9.17, 15) is 38.7 Å². The Labute approximate surface area is 519 Å². The third-order valence-corrected chi connectivity index (χ3v) is 15.5. The molecule has 5 amide bonds. The van der Waals surface area contributed by atoms with E-state index in [2.05, 4.69) is 79.2 Å². The molecule has 2 aromatic heterocycles. The maximum Gasteiger partial charge on any atom is 0.320 e. The first-order chi connectivity index (χ1) is 41.8. The molecular formula is C61H101N13O14. The molecular weight excluding hydrogens is 1140 g/mol. The molecule has 2 aliphatic rings. The summed E-state index contributed by atoms with van der Waals surface area (Å²) in [6.07, 6.45) is 20.8. The van der Waals surface area contributed by atoms with Crippen molar-refractivity contribution in [1.29, 1.82) is 0 Å². The second-order valence-electron chi connectivity index (χ2n) is 22.7. The van der Waals surface area contributed by atoms with E-state index in [0.29, 0.717) is 70.0 Å². The average Bonchev–Trinajstić information content (AvgIpc) is 4.14. The maximum atomic E-state index is 13.6. The van der Waals surface area contributed by atoms with Crippen LogP contribution in [-0.2, 0) is 87.9 Å². The fourth-order valence-corrected chi connectivity index (χ4v) is 11.1. The Morgan fingerprint density at radius 3 is 1.73 bits per heavy atom. The highest BCUT2D eigenvalue weighted by Gasteiger charge is 2.48. The summed E-state index contributed by atoms with van der Waals surface area (Å²) in [4.78, 5) is 91.8. The fraction of sp³-hybridized carbons (Fsp3) is 0.721. The minimum atomic E-state index is -0.920. The lowest BCUT2D eigenvalue weighted by atomic mass is 9.74. The second kappa shape index (κ2) is 40.8. The number of nitrogens with one attached hydrogen (secondary N) is 6. The zero-order valence-electron chi connectivity index (χ0n) is 52.3. The average molecular weight is 1240 g/mol. The van der Waals surface area contributed by atoms with Crippen LogP contribution in [0.1, 0.15) is 125 Å². The van der Waals surface area contributed by atoms with Gasteiger partial charge in [-0.25, -0.2) is 0 Å². The van der Waals surface area contributed by atoms with E-state index in [4.69, 9.17) is 34.8 Å². The Kier molecular flexibility index (Phi) is 35.0. The highest BCUT2D eigenvalue weighted by atomic mass is 16.6. The van der Waals surface area contributed by atoms with Crippen LogP contribution in [0.5, 0.6) is 0 Å². The first-order valence-electron chi connectivity index (χ1n) is 30.4. The summed E-state index contributed by atoms with van der Waals surface area (Å²) in [5.74, 6) is -0.590. The molecule has 2 saturated heterocycles. The first-order valence-corrected chi connectivity index (χ1v) is 30.4. The number of carbonyl (C=O) groups excluding carboxylic acids is 6. The molecule has 2 fully saturated rings. The second-order valence-corrected chi connectivity index (χ2v) is 22.7. The van der Waals surface area contributed by atoms with Crippen molar-refractivity contribution in [2.45, 2.75) is 182 Å². The van der Waals surface area contributed by atoms with Crippen molar-refractivity contribution in [3.63, 3.8) is 0 Å². The smallest absolute Gasteiger partial charge is 0.320 e. The zero-order valence-corrected chi connectivity index (χ0v) is 52.3. The number of hydrogen-bond acceptors (Lipinski definition) is 19. The van der Waals surface area contributed by atoms with Gasteiger partial charge in [0.2, 0.25) is 29.5 Å². The zero-order chi connectivity index (χ0) is 63.6. The molecule has 4 rings (SSSR count). The quantitative estimate of drug-likeness (QED) is 0.0216. The predicted octanol–water partition coefficient (Wildman–Crippen LogP) is 2.28. The van der Waals surface area contributed by atoms with E-state index in [1.165, 1.54) is 9.36 Å². The number of rotatable bonds is 45. The number of carboxylic acid groups (broad SMARTS) is 1. The van der Waals surface area contributed by atoms with Gasteiger partial charge in [0.1, 0.15) is 25.7 Å². The van der Waals surface area contributed by atoms with Crippen LogP contribution in [0.2, 0.25) is 0 Å². The molecule has 0 aliphatic carbocycles. The van der Waals surface area contributed by atoms with Gasteiger partial charge in [0.15, 0.2) is 6.23 Å². The monoisotopic (exact) mass is 1240 g/mol. The van der Waals surface area contributed by atoms with Gasteiger partial charge in [0, 0.05) is 82.8 Å². The molecule has 0 aromatic carbocycles. The van der Waals surface area contributed by atoms with Crippen LogP contribution in [0.3, 0.4) is 0 Å². The Bertz CT molecular complexity index is 2540. The summed E-state index contributed by atoms with van der Waals surface area (Å²) in [6, 6.07) is -2.08. The summed E-state index contributed by atoms with van der Waals surface area (Å²) < 4.78 is 36.1. The van der Waals surface area contributed by atoms with Crippen molar-refractivity contribution in [3.05, 3.63) is 48.1 Å². The molecule has 2 aromatic rings. The Morgan fingerprint density at radius 2 is 1.24 bits per heavy atom. The third kappa shape index (κ3) is 26.2. The molecule has 27 heteroatoms. The van der Waals surface area contributed by atoms with Gasteiger partial charge in [0.05, 0.1) is 88.8 Å². The number of ether oxygens (including phenoxy) is 6. The Balaban J connectivity index is 0.0000202. The molecule has 0 saturated carbocycles. The number of aryl methyl sites for hydroxylation is 2. The molecule has 0 spiro atoms. The van der Waals surface area contributed by atoms with E-state index >= 15 is 0 Å². The number of amides is 5. The number of nitrogens with zero attached hydrogens (tertiary/aromatic N) is 7. The predicted molar refractivity (Wildman–Crippen MR) is 328 cm³/mol. The molecule has 0 radical (unpaired) electrons. The van der Waals surface area contributed by atoms with Crippen molar-refractivity contribution in [3.8, 4) is 12.3 Å². The highest BCUT2D eigenvalue weighted by molar-refractivity contribution is 5.89. The van der Waals surface area contributed by atoms with Crippen molar-refractivity contribution < 1.29 is 67.1 Å². The van der Waals surface area contributed by atoms with Crippen molar-refractivity contribution in [2.75, 3.05) is 86.1 Å². The molecule has 9 atom stereocenters. The number of carboxylic acids is 1. The Hall–Kier alpha value is -6.67. The van der Waals surface area contributed by atoms with E-state index in [0.717, 1.165) is 24.2 Å². The van der Waals surface area contributed by atoms with E-state index in [1.807, 2.05) is 52.0 Å². The van der Waals surface area contributed by atoms with Crippen LogP contribution >= 0.6 is 0 Å². The molecule has 0 bridgehead atoms. The molecule has 7 N–H and O–H groups in total. The van der Waals surface area contributed by atoms with Crippen LogP contribution in [-0.4, -0.2) is 210 Å². The van der Waals surface area contributed by atoms with Crippen molar-refractivity contribution in [1.82, 2.24) is 66.8 Å². The topological polar surface area (TPSA) is 332 Å². The minimum absolute atomic E-state index is 0. The van der Waals surface area contributed by atoms with Gasteiger partial charge >= 0.3 is 5.97 Å². The largest absolute Gasteiger partial charge is 0.480 e. The van der Waals surface area contributed by atoms with Crippen LogP contribution < -0.4 is 31.9 Å². The van der Waals surface area contributed by atoms with Crippen LogP contribution in [0, 0.1) is 29.6 Å². The molecule has 494 valence electrons. The molecule has 27 nitrogen and oxygen atoms in total. The van der Waals surface area contributed by atoms with Crippen molar-refractivity contribution >= 4 is 42.0 Å². The van der Waals surface area contributed by atoms with Gasteiger partial charge in [0.25, 0.3) is 6.47 Å². The van der Waals surface area contributed by atoms with Crippen molar-refractivity contribution in [2.24, 2.45) is 17.3 Å². The van der Waals surface area contributed by atoms with E-state index < -0.39 is 60.7 Å². The normalized spacial score (nSPS) is 19.7. The molecule has 88 heavy (non-hydrogen) atoms. The number of aliphatic carboxylic acids is 1. The number of methoxy groups -OCH3 is 1. The fourth-order valence-electron chi connectivity index (χ4n) is 11.1. The first kappa shape index (κ1) is 75.6. The van der Waals surface area contributed by atoms with Gasteiger partial charge in [-0.3, -0.25) is 53.6 Å². The van der Waals surface area contributed by atoms with E-state index in [1.54, 1.807) is 19.5 Å². The summed E-state index contributed by atoms with van der Waals surface area (Å²) in [5.41, 5.74) is 0.0526. The summed E-state index contributed by atoms with van der Waals surface area (Å²) in [5, 5.41) is 45.3. The number of hydrogen-bond donors (Lipinski definition) is 7. The lowest BCUT2D eigenvalue weighted by Gasteiger charge is -2.42. The van der Waals surface area contributed by atoms with Crippen LogP contribution in [0.25, 0.3) is 0 Å². The molecule has 0 unspecified atom stereocenters. The number of allylic oxidation sites excluding steroid dienone is 2. The van der Waals surface area contributed by atoms with Crippen LogP contribution in [0.15, 0.2) is 36.7 Å². The minimum Gasteiger partial charge on any atom is -0.480 e. The van der Waals surface area contributed by atoms with Crippen LogP contribution in [0.4, 0.5) is 0 Å². The van der Waals surface area contributed by atoms with Gasteiger partial charge < -0.3 is 59.7 Å². The van der Waals surface area contributed by atoms with Gasteiger partial charge in [-0.1, -0.05) is 88.6 Å².